The average molecular weight is 367 g/mol. The number of rotatable bonds is 7. The van der Waals surface area contributed by atoms with Gasteiger partial charge in [-0.1, -0.05) is 33.8 Å². The van der Waals surface area contributed by atoms with Crippen LogP contribution in [-0.2, 0) is 5.41 Å². The Morgan fingerprint density at radius 1 is 1.22 bits per heavy atom. The highest BCUT2D eigenvalue weighted by molar-refractivity contribution is 5.87. The first kappa shape index (κ1) is 19.4. The third-order valence-corrected chi connectivity index (χ3v) is 5.32. The molecule has 1 aromatic carbocycles. The van der Waals surface area contributed by atoms with E-state index in [2.05, 4.69) is 51.7 Å². The number of carbonyl (C=O) groups is 1. The Morgan fingerprint density at radius 3 is 2.41 bits per heavy atom. The lowest BCUT2D eigenvalue weighted by Crippen LogP contribution is -2.15. The zero-order chi connectivity index (χ0) is 19.8. The summed E-state index contributed by atoms with van der Waals surface area (Å²) in [6, 6.07) is 7.98. The van der Waals surface area contributed by atoms with Crippen molar-refractivity contribution in [2.24, 2.45) is 5.92 Å². The average Bonchev–Trinajstić information content (AvgIpc) is 3.41. The SMILES string of the molecule is Cc1cc(OCC(C)C)c(C(C)C)cc1C1(c2ccc(C(=O)O)cn2)CC1. The van der Waals surface area contributed by atoms with Gasteiger partial charge in [0.2, 0.25) is 0 Å². The summed E-state index contributed by atoms with van der Waals surface area (Å²) in [5.41, 5.74) is 4.82. The van der Waals surface area contributed by atoms with E-state index in [0.29, 0.717) is 18.4 Å². The second-order valence-electron chi connectivity index (χ2n) is 8.38. The minimum atomic E-state index is -0.941. The summed E-state index contributed by atoms with van der Waals surface area (Å²) >= 11 is 0. The number of carboxylic acids is 1. The molecule has 4 nitrogen and oxygen atoms in total. The molecule has 1 heterocycles. The number of aromatic nitrogens is 1. The predicted molar refractivity (Wildman–Crippen MR) is 107 cm³/mol. The molecule has 0 unspecified atom stereocenters. The molecule has 144 valence electrons. The van der Waals surface area contributed by atoms with Gasteiger partial charge in [0, 0.05) is 11.6 Å². The molecule has 1 N–H and O–H groups in total. The van der Waals surface area contributed by atoms with E-state index in [0.717, 1.165) is 24.3 Å². The monoisotopic (exact) mass is 367 g/mol. The zero-order valence-electron chi connectivity index (χ0n) is 16.9. The zero-order valence-corrected chi connectivity index (χ0v) is 16.9. The molecule has 1 aliphatic carbocycles. The number of ether oxygens (including phenoxy) is 1. The smallest absolute Gasteiger partial charge is 0.337 e. The molecule has 1 aromatic heterocycles. The highest BCUT2D eigenvalue weighted by Gasteiger charge is 2.48. The largest absolute Gasteiger partial charge is 0.493 e. The highest BCUT2D eigenvalue weighted by Crippen LogP contribution is 2.54. The number of carboxylic acid groups (broad SMARTS) is 1. The van der Waals surface area contributed by atoms with Crippen molar-refractivity contribution in [2.75, 3.05) is 6.61 Å². The second kappa shape index (κ2) is 7.34. The molecule has 4 heteroatoms. The quantitative estimate of drug-likeness (QED) is 0.719. The van der Waals surface area contributed by atoms with Crippen LogP contribution in [0.2, 0.25) is 0 Å². The lowest BCUT2D eigenvalue weighted by atomic mass is 9.85. The minimum absolute atomic E-state index is 0.0959. The third kappa shape index (κ3) is 3.85. The summed E-state index contributed by atoms with van der Waals surface area (Å²) in [7, 11) is 0. The van der Waals surface area contributed by atoms with E-state index in [4.69, 9.17) is 9.84 Å². The molecule has 0 bridgehead atoms. The Bertz CT molecular complexity index is 833. The molecular weight excluding hydrogens is 338 g/mol. The Kier molecular flexibility index (Phi) is 5.27. The maximum atomic E-state index is 11.1. The molecule has 3 rings (SSSR count). The lowest BCUT2D eigenvalue weighted by Gasteiger charge is -2.23. The van der Waals surface area contributed by atoms with Gasteiger partial charge in [-0.3, -0.25) is 4.98 Å². The van der Waals surface area contributed by atoms with Crippen LogP contribution in [0, 0.1) is 12.8 Å². The van der Waals surface area contributed by atoms with Gasteiger partial charge in [0.05, 0.1) is 17.9 Å². The van der Waals surface area contributed by atoms with Crippen LogP contribution in [0.25, 0.3) is 0 Å². The van der Waals surface area contributed by atoms with Crippen LogP contribution in [0.1, 0.15) is 79.2 Å². The van der Waals surface area contributed by atoms with E-state index in [1.165, 1.54) is 22.9 Å². The summed E-state index contributed by atoms with van der Waals surface area (Å²) < 4.78 is 6.10. The van der Waals surface area contributed by atoms with Crippen molar-refractivity contribution in [3.8, 4) is 5.75 Å². The molecule has 0 aliphatic heterocycles. The maximum absolute atomic E-state index is 11.1. The summed E-state index contributed by atoms with van der Waals surface area (Å²) in [5.74, 6) is 0.884. The first-order chi connectivity index (χ1) is 12.7. The van der Waals surface area contributed by atoms with E-state index in [9.17, 15) is 4.79 Å². The molecule has 0 saturated heterocycles. The van der Waals surface area contributed by atoms with Gasteiger partial charge in [0.1, 0.15) is 5.75 Å². The standard InChI is InChI=1S/C23H29NO3/c1-14(2)13-27-20-10-16(5)19(11-18(20)15(3)4)23(8-9-23)21-7-6-17(12-24-21)22(25)26/h6-7,10-12,14-15H,8-9,13H2,1-5H3,(H,25,26). The summed E-state index contributed by atoms with van der Waals surface area (Å²) in [5, 5.41) is 9.12. The molecule has 2 aromatic rings. The summed E-state index contributed by atoms with van der Waals surface area (Å²) in [6.45, 7) is 11.5. The number of aryl methyl sites for hydroxylation is 1. The number of benzene rings is 1. The van der Waals surface area contributed by atoms with Gasteiger partial charge in [-0.2, -0.15) is 0 Å². The van der Waals surface area contributed by atoms with Gasteiger partial charge in [0.15, 0.2) is 0 Å². The van der Waals surface area contributed by atoms with E-state index in [-0.39, 0.29) is 11.0 Å². The topological polar surface area (TPSA) is 59.4 Å². The van der Waals surface area contributed by atoms with Gasteiger partial charge in [-0.25, -0.2) is 4.79 Å². The minimum Gasteiger partial charge on any atom is -0.493 e. The first-order valence-electron chi connectivity index (χ1n) is 9.72. The molecule has 0 radical (unpaired) electrons. The van der Waals surface area contributed by atoms with Crippen molar-refractivity contribution >= 4 is 5.97 Å². The van der Waals surface area contributed by atoms with Gasteiger partial charge in [-0.15, -0.1) is 0 Å². The van der Waals surface area contributed by atoms with Crippen molar-refractivity contribution in [2.45, 2.75) is 58.8 Å². The normalized spacial score (nSPS) is 15.2. The van der Waals surface area contributed by atoms with Crippen LogP contribution in [0.4, 0.5) is 0 Å². The van der Waals surface area contributed by atoms with Crippen LogP contribution >= 0.6 is 0 Å². The van der Waals surface area contributed by atoms with Crippen molar-refractivity contribution in [3.63, 3.8) is 0 Å². The molecule has 1 saturated carbocycles. The number of pyridine rings is 1. The molecule has 1 aliphatic rings. The molecule has 1 fully saturated rings. The van der Waals surface area contributed by atoms with Gasteiger partial charge >= 0.3 is 5.97 Å². The van der Waals surface area contributed by atoms with E-state index >= 15 is 0 Å². The van der Waals surface area contributed by atoms with Crippen LogP contribution in [-0.4, -0.2) is 22.7 Å². The Balaban J connectivity index is 2.00. The van der Waals surface area contributed by atoms with Crippen LogP contribution < -0.4 is 4.74 Å². The van der Waals surface area contributed by atoms with E-state index < -0.39 is 5.97 Å². The van der Waals surface area contributed by atoms with Gasteiger partial charge in [-0.05, 0) is 66.5 Å². The summed E-state index contributed by atoms with van der Waals surface area (Å²) in [6.07, 6.45) is 3.55. The van der Waals surface area contributed by atoms with Crippen molar-refractivity contribution in [1.82, 2.24) is 4.98 Å². The van der Waals surface area contributed by atoms with E-state index in [1.54, 1.807) is 6.07 Å². The predicted octanol–water partition coefficient (Wildman–Crippen LogP) is 5.33. The molecule has 27 heavy (non-hydrogen) atoms. The van der Waals surface area contributed by atoms with Crippen LogP contribution in [0.3, 0.4) is 0 Å². The molecule has 0 spiro atoms. The van der Waals surface area contributed by atoms with Crippen molar-refractivity contribution in [3.05, 3.63) is 58.4 Å². The van der Waals surface area contributed by atoms with Gasteiger partial charge in [0.25, 0.3) is 0 Å². The lowest BCUT2D eigenvalue weighted by molar-refractivity contribution is 0.0696. The third-order valence-electron chi connectivity index (χ3n) is 5.32. The summed E-state index contributed by atoms with van der Waals surface area (Å²) in [4.78, 5) is 15.6. The number of hydrogen-bond acceptors (Lipinski definition) is 3. The Morgan fingerprint density at radius 2 is 1.93 bits per heavy atom. The number of hydrogen-bond donors (Lipinski definition) is 1. The van der Waals surface area contributed by atoms with Crippen molar-refractivity contribution < 1.29 is 14.6 Å². The fourth-order valence-corrected chi connectivity index (χ4v) is 3.64. The molecular formula is C23H29NO3. The highest BCUT2D eigenvalue weighted by atomic mass is 16.5. The van der Waals surface area contributed by atoms with Gasteiger partial charge < -0.3 is 9.84 Å². The fraction of sp³-hybridized carbons (Fsp3) is 0.478. The second-order valence-corrected chi connectivity index (χ2v) is 8.38. The van der Waals surface area contributed by atoms with Crippen molar-refractivity contribution in [1.29, 1.82) is 0 Å². The Hall–Kier alpha value is -2.36. The molecule has 0 atom stereocenters. The fourth-order valence-electron chi connectivity index (χ4n) is 3.64. The number of nitrogens with zero attached hydrogens (tertiary/aromatic N) is 1. The maximum Gasteiger partial charge on any atom is 0.337 e. The Labute approximate surface area is 161 Å². The van der Waals surface area contributed by atoms with Crippen LogP contribution in [0.5, 0.6) is 5.75 Å². The number of aromatic carboxylic acids is 1. The van der Waals surface area contributed by atoms with Crippen LogP contribution in [0.15, 0.2) is 30.5 Å². The first-order valence-corrected chi connectivity index (χ1v) is 9.72. The van der Waals surface area contributed by atoms with E-state index in [1.807, 2.05) is 6.07 Å². The molecule has 0 amide bonds.